The monoisotopic (exact) mass is 413 g/mol. The molecule has 0 fully saturated rings. The average molecular weight is 414 g/mol. The lowest BCUT2D eigenvalue weighted by atomic mass is 10.1. The minimum absolute atomic E-state index is 0.0589. The molecule has 0 heterocycles. The molecule has 2 rings (SSSR count). The molecule has 2 unspecified atom stereocenters. The molecule has 0 bridgehead atoms. The highest BCUT2D eigenvalue weighted by Crippen LogP contribution is 2.36. The SMILES string of the molecule is CCN(C(c1ccc(C)cc1)S(=O)(=O)O)C(c1ccc(C)cc1)S(=O)(=O)O. The summed E-state index contributed by atoms with van der Waals surface area (Å²) in [6, 6.07) is 12.7. The van der Waals surface area contributed by atoms with E-state index in [1.165, 1.54) is 24.3 Å². The van der Waals surface area contributed by atoms with Crippen LogP contribution < -0.4 is 0 Å². The highest BCUT2D eigenvalue weighted by atomic mass is 32.2. The van der Waals surface area contributed by atoms with Crippen molar-refractivity contribution in [2.75, 3.05) is 6.54 Å². The molecule has 0 radical (unpaired) electrons. The summed E-state index contributed by atoms with van der Waals surface area (Å²) >= 11 is 0. The van der Waals surface area contributed by atoms with Gasteiger partial charge >= 0.3 is 0 Å². The van der Waals surface area contributed by atoms with Crippen LogP contribution in [0.2, 0.25) is 0 Å². The molecule has 9 heteroatoms. The van der Waals surface area contributed by atoms with Crippen LogP contribution in [0.15, 0.2) is 48.5 Å². The van der Waals surface area contributed by atoms with Crippen molar-refractivity contribution in [3.8, 4) is 0 Å². The van der Waals surface area contributed by atoms with Crippen LogP contribution in [0, 0.1) is 13.8 Å². The number of hydrogen-bond acceptors (Lipinski definition) is 5. The summed E-state index contributed by atoms with van der Waals surface area (Å²) < 4.78 is 68.4. The van der Waals surface area contributed by atoms with E-state index < -0.39 is 31.0 Å². The van der Waals surface area contributed by atoms with E-state index in [0.29, 0.717) is 0 Å². The zero-order valence-electron chi connectivity index (χ0n) is 15.3. The van der Waals surface area contributed by atoms with E-state index in [-0.39, 0.29) is 17.7 Å². The van der Waals surface area contributed by atoms with E-state index in [9.17, 15) is 25.9 Å². The molecule has 0 spiro atoms. The maximum atomic E-state index is 12.2. The summed E-state index contributed by atoms with van der Waals surface area (Å²) in [6.45, 7) is 5.13. The number of aryl methyl sites for hydroxylation is 2. The third-order valence-electron chi connectivity index (χ3n) is 4.26. The molecule has 2 aromatic rings. The first-order valence-corrected chi connectivity index (χ1v) is 11.3. The van der Waals surface area contributed by atoms with Gasteiger partial charge in [0.1, 0.15) is 0 Å². The first-order chi connectivity index (χ1) is 12.4. The molecule has 27 heavy (non-hydrogen) atoms. The summed E-state index contributed by atoms with van der Waals surface area (Å²) in [6.07, 6.45) is 0. The van der Waals surface area contributed by atoms with Gasteiger partial charge in [0.15, 0.2) is 10.7 Å². The van der Waals surface area contributed by atoms with E-state index in [4.69, 9.17) is 0 Å². The number of benzene rings is 2. The summed E-state index contributed by atoms with van der Waals surface area (Å²) in [5.74, 6) is 0. The van der Waals surface area contributed by atoms with Gasteiger partial charge in [-0.1, -0.05) is 66.6 Å². The molecular weight excluding hydrogens is 390 g/mol. The Balaban J connectivity index is 2.68. The lowest BCUT2D eigenvalue weighted by Crippen LogP contribution is -2.40. The van der Waals surface area contributed by atoms with Crippen molar-refractivity contribution in [3.05, 3.63) is 70.8 Å². The van der Waals surface area contributed by atoms with Gasteiger partial charge in [-0.15, -0.1) is 0 Å². The van der Waals surface area contributed by atoms with Crippen LogP contribution in [0.3, 0.4) is 0 Å². The van der Waals surface area contributed by atoms with E-state index in [1.807, 2.05) is 13.8 Å². The quantitative estimate of drug-likeness (QED) is 0.671. The number of hydrogen-bond donors (Lipinski definition) is 2. The maximum absolute atomic E-state index is 12.2. The highest BCUT2D eigenvalue weighted by molar-refractivity contribution is 7.86. The zero-order chi connectivity index (χ0) is 20.4. The van der Waals surface area contributed by atoms with Crippen LogP contribution in [-0.4, -0.2) is 37.4 Å². The molecule has 0 aliphatic rings. The Morgan fingerprint density at radius 3 is 1.26 bits per heavy atom. The molecule has 2 N–H and O–H groups in total. The Morgan fingerprint density at radius 2 is 1.04 bits per heavy atom. The number of nitrogens with zero attached hydrogens (tertiary/aromatic N) is 1. The Hall–Kier alpha value is -1.78. The Bertz CT molecular complexity index is 902. The van der Waals surface area contributed by atoms with E-state index in [1.54, 1.807) is 31.2 Å². The van der Waals surface area contributed by atoms with E-state index >= 15 is 0 Å². The first-order valence-electron chi connectivity index (χ1n) is 8.26. The fraction of sp³-hybridized carbons (Fsp3) is 0.333. The third kappa shape index (κ3) is 5.14. The highest BCUT2D eigenvalue weighted by Gasteiger charge is 2.41. The van der Waals surface area contributed by atoms with Crippen molar-refractivity contribution in [1.29, 1.82) is 0 Å². The van der Waals surface area contributed by atoms with Gasteiger partial charge in [0, 0.05) is 0 Å². The van der Waals surface area contributed by atoms with Crippen molar-refractivity contribution in [3.63, 3.8) is 0 Å². The normalized spacial score (nSPS) is 14.9. The molecule has 0 aromatic heterocycles. The zero-order valence-corrected chi connectivity index (χ0v) is 16.9. The second-order valence-corrected chi connectivity index (χ2v) is 9.34. The first kappa shape index (κ1) is 21.5. The predicted octanol–water partition coefficient (Wildman–Crippen LogP) is 3.10. The standard InChI is InChI=1S/C18H23NO6S2/c1-4-19(17(26(20,21)22)15-9-5-13(2)6-10-15)18(27(23,24)25)16-11-7-14(3)8-12-16/h5-12,17-18H,4H2,1-3H3,(H,20,21,22)(H,23,24,25). The summed E-state index contributed by atoms with van der Waals surface area (Å²) in [5.41, 5.74) is 2.15. The maximum Gasteiger partial charge on any atom is 0.285 e. The molecule has 148 valence electrons. The van der Waals surface area contributed by atoms with Crippen molar-refractivity contribution < 1.29 is 25.9 Å². The smallest absolute Gasteiger partial charge is 0.284 e. The third-order valence-corrected chi connectivity index (χ3v) is 6.47. The van der Waals surface area contributed by atoms with Crippen LogP contribution >= 0.6 is 0 Å². The Labute approximate surface area is 160 Å². The van der Waals surface area contributed by atoms with Gasteiger partial charge in [-0.25, -0.2) is 0 Å². The van der Waals surface area contributed by atoms with Gasteiger partial charge in [-0.3, -0.25) is 14.0 Å². The molecule has 0 aliphatic heterocycles. The second-order valence-electron chi connectivity index (χ2n) is 6.39. The molecule has 0 amide bonds. The lowest BCUT2D eigenvalue weighted by molar-refractivity contribution is 0.218. The largest absolute Gasteiger partial charge is 0.285 e. The van der Waals surface area contributed by atoms with E-state index in [2.05, 4.69) is 0 Å². The van der Waals surface area contributed by atoms with Crippen molar-refractivity contribution >= 4 is 20.2 Å². The van der Waals surface area contributed by atoms with Crippen LogP contribution in [0.5, 0.6) is 0 Å². The van der Waals surface area contributed by atoms with Crippen LogP contribution in [0.25, 0.3) is 0 Å². The topological polar surface area (TPSA) is 112 Å². The van der Waals surface area contributed by atoms with Gasteiger partial charge < -0.3 is 0 Å². The van der Waals surface area contributed by atoms with Crippen LogP contribution in [0.4, 0.5) is 0 Å². The molecular formula is C18H23NO6S2. The molecule has 0 saturated heterocycles. The van der Waals surface area contributed by atoms with Crippen LogP contribution in [0.1, 0.15) is 39.9 Å². The Kier molecular flexibility index (Phi) is 6.43. The summed E-state index contributed by atoms with van der Waals surface area (Å²) in [5, 5.41) is -3.31. The summed E-state index contributed by atoms with van der Waals surface area (Å²) in [7, 11) is -9.43. The Morgan fingerprint density at radius 1 is 0.741 bits per heavy atom. The molecule has 2 aromatic carbocycles. The number of rotatable bonds is 7. The van der Waals surface area contributed by atoms with Crippen molar-refractivity contribution in [2.24, 2.45) is 0 Å². The molecule has 0 saturated carbocycles. The average Bonchev–Trinajstić information content (AvgIpc) is 2.55. The van der Waals surface area contributed by atoms with Gasteiger partial charge in [-0.05, 0) is 31.5 Å². The van der Waals surface area contributed by atoms with Crippen molar-refractivity contribution in [2.45, 2.75) is 31.5 Å². The minimum Gasteiger partial charge on any atom is -0.284 e. The molecule has 7 nitrogen and oxygen atoms in total. The predicted molar refractivity (Wildman–Crippen MR) is 103 cm³/mol. The molecule has 2 atom stereocenters. The van der Waals surface area contributed by atoms with Crippen molar-refractivity contribution in [1.82, 2.24) is 4.90 Å². The minimum atomic E-state index is -4.71. The fourth-order valence-corrected chi connectivity index (χ4v) is 5.29. The van der Waals surface area contributed by atoms with Gasteiger partial charge in [0.2, 0.25) is 0 Å². The lowest BCUT2D eigenvalue weighted by Gasteiger charge is -2.34. The van der Waals surface area contributed by atoms with E-state index in [0.717, 1.165) is 16.0 Å². The summed E-state index contributed by atoms with van der Waals surface area (Å²) in [4.78, 5) is 1.04. The van der Waals surface area contributed by atoms with Gasteiger partial charge in [0.25, 0.3) is 20.2 Å². The van der Waals surface area contributed by atoms with Crippen LogP contribution in [-0.2, 0) is 20.2 Å². The fourth-order valence-electron chi connectivity index (χ4n) is 2.99. The van der Waals surface area contributed by atoms with Gasteiger partial charge in [0.05, 0.1) is 0 Å². The van der Waals surface area contributed by atoms with Gasteiger partial charge in [-0.2, -0.15) is 16.8 Å². The molecule has 0 aliphatic carbocycles. The second kappa shape index (κ2) is 8.07.